The standard InChI is InChI=1S/C17H36O.H2O4S/c1-4-7-8-9-10-11-12-13-14-15-16-17(18,5-2)6-3;1-5(2,3)4/h18H,4-16H2,1-3H3;(H2,1,2,3,4). The van der Waals surface area contributed by atoms with E-state index in [-0.39, 0.29) is 5.60 Å². The lowest BCUT2D eigenvalue weighted by Crippen LogP contribution is -2.26. The van der Waals surface area contributed by atoms with Gasteiger partial charge in [-0.25, -0.2) is 0 Å². The second-order valence-corrected chi connectivity index (χ2v) is 7.21. The zero-order chi connectivity index (χ0) is 18.2. The Labute approximate surface area is 143 Å². The van der Waals surface area contributed by atoms with Crippen LogP contribution in [-0.4, -0.2) is 28.2 Å². The van der Waals surface area contributed by atoms with Gasteiger partial charge in [-0.2, -0.15) is 8.42 Å². The van der Waals surface area contributed by atoms with Crippen LogP contribution >= 0.6 is 0 Å². The number of rotatable bonds is 13. The molecule has 0 aromatic rings. The van der Waals surface area contributed by atoms with Crippen LogP contribution in [0.3, 0.4) is 0 Å². The lowest BCUT2D eigenvalue weighted by molar-refractivity contribution is 0.0211. The van der Waals surface area contributed by atoms with Crippen LogP contribution in [0.15, 0.2) is 0 Å². The third-order valence-electron chi connectivity index (χ3n) is 4.31. The van der Waals surface area contributed by atoms with E-state index in [0.29, 0.717) is 0 Å². The van der Waals surface area contributed by atoms with Gasteiger partial charge in [0, 0.05) is 0 Å². The van der Waals surface area contributed by atoms with Crippen LogP contribution in [0.2, 0.25) is 0 Å². The first-order valence-corrected chi connectivity index (χ1v) is 10.5. The largest absolute Gasteiger partial charge is 0.394 e. The molecule has 0 radical (unpaired) electrons. The minimum absolute atomic E-state index is 0.375. The minimum Gasteiger partial charge on any atom is -0.390 e. The molecule has 6 heteroatoms. The second kappa shape index (κ2) is 15.4. The number of hydrogen-bond acceptors (Lipinski definition) is 3. The maximum atomic E-state index is 10.2. The van der Waals surface area contributed by atoms with Gasteiger partial charge in [0.25, 0.3) is 0 Å². The maximum absolute atomic E-state index is 10.2. The van der Waals surface area contributed by atoms with Crippen molar-refractivity contribution < 1.29 is 22.6 Å². The van der Waals surface area contributed by atoms with Crippen LogP contribution in [0, 0.1) is 0 Å². The Morgan fingerprint density at radius 3 is 1.30 bits per heavy atom. The van der Waals surface area contributed by atoms with Crippen molar-refractivity contribution in [1.82, 2.24) is 0 Å². The molecule has 0 unspecified atom stereocenters. The van der Waals surface area contributed by atoms with Crippen LogP contribution in [-0.2, 0) is 10.4 Å². The summed E-state index contributed by atoms with van der Waals surface area (Å²) >= 11 is 0. The van der Waals surface area contributed by atoms with Gasteiger partial charge >= 0.3 is 10.4 Å². The van der Waals surface area contributed by atoms with Gasteiger partial charge in [0.15, 0.2) is 0 Å². The SMILES string of the molecule is CCCCCCCCCCCCC(O)(CC)CC.O=S(=O)(O)O. The summed E-state index contributed by atoms with van der Waals surface area (Å²) in [5.74, 6) is 0. The van der Waals surface area contributed by atoms with Crippen molar-refractivity contribution in [2.24, 2.45) is 0 Å². The molecule has 5 nitrogen and oxygen atoms in total. The number of hydrogen-bond donors (Lipinski definition) is 3. The molecule has 0 amide bonds. The highest BCUT2D eigenvalue weighted by molar-refractivity contribution is 7.79. The monoisotopic (exact) mass is 354 g/mol. The van der Waals surface area contributed by atoms with Gasteiger partial charge in [0.2, 0.25) is 0 Å². The topological polar surface area (TPSA) is 94.8 Å². The smallest absolute Gasteiger partial charge is 0.390 e. The molecule has 0 aromatic heterocycles. The molecule has 0 saturated carbocycles. The maximum Gasteiger partial charge on any atom is 0.394 e. The summed E-state index contributed by atoms with van der Waals surface area (Å²) in [5, 5.41) is 10.2. The van der Waals surface area contributed by atoms with Gasteiger partial charge in [-0.15, -0.1) is 0 Å². The molecule has 0 bridgehead atoms. The average molecular weight is 355 g/mol. The van der Waals surface area contributed by atoms with Crippen molar-refractivity contribution in [3.63, 3.8) is 0 Å². The molecule has 0 heterocycles. The first-order valence-electron chi connectivity index (χ1n) is 9.10. The van der Waals surface area contributed by atoms with Crippen molar-refractivity contribution in [2.45, 2.75) is 110 Å². The lowest BCUT2D eigenvalue weighted by Gasteiger charge is -2.24. The number of aliphatic hydroxyl groups is 1. The summed E-state index contributed by atoms with van der Waals surface area (Å²) in [6, 6.07) is 0. The molecule has 0 saturated heterocycles. The predicted octanol–water partition coefficient (Wildman–Crippen LogP) is 5.20. The molecule has 0 atom stereocenters. The fourth-order valence-corrected chi connectivity index (χ4v) is 2.55. The Kier molecular flexibility index (Phi) is 16.7. The summed E-state index contributed by atoms with van der Waals surface area (Å²) in [6.07, 6.45) is 16.5. The van der Waals surface area contributed by atoms with E-state index in [1.165, 1.54) is 64.2 Å². The van der Waals surface area contributed by atoms with Gasteiger partial charge in [-0.05, 0) is 19.3 Å². The molecule has 0 rings (SSSR count). The lowest BCUT2D eigenvalue weighted by atomic mass is 9.90. The van der Waals surface area contributed by atoms with E-state index in [0.717, 1.165) is 19.3 Å². The van der Waals surface area contributed by atoms with E-state index in [9.17, 15) is 5.11 Å². The zero-order valence-corrected chi connectivity index (χ0v) is 16.1. The van der Waals surface area contributed by atoms with Gasteiger partial charge in [0.1, 0.15) is 0 Å². The molecule has 0 aliphatic rings. The third kappa shape index (κ3) is 24.2. The van der Waals surface area contributed by atoms with E-state index < -0.39 is 10.4 Å². The van der Waals surface area contributed by atoms with Crippen LogP contribution in [0.25, 0.3) is 0 Å². The highest BCUT2D eigenvalue weighted by atomic mass is 32.3. The quantitative estimate of drug-likeness (QED) is 0.312. The summed E-state index contributed by atoms with van der Waals surface area (Å²) in [5.41, 5.74) is -0.375. The van der Waals surface area contributed by atoms with E-state index in [1.807, 2.05) is 0 Å². The first-order chi connectivity index (χ1) is 10.7. The van der Waals surface area contributed by atoms with Gasteiger partial charge in [0.05, 0.1) is 5.60 Å². The first kappa shape index (κ1) is 25.1. The molecule has 0 aliphatic carbocycles. The summed E-state index contributed by atoms with van der Waals surface area (Å²) < 4.78 is 31.6. The molecule has 0 aromatic carbocycles. The second-order valence-electron chi connectivity index (χ2n) is 6.31. The molecule has 23 heavy (non-hydrogen) atoms. The Morgan fingerprint density at radius 1 is 0.696 bits per heavy atom. The molecule has 3 N–H and O–H groups in total. The van der Waals surface area contributed by atoms with Crippen molar-refractivity contribution in [3.05, 3.63) is 0 Å². The minimum atomic E-state index is -4.67. The molecular weight excluding hydrogens is 316 g/mol. The van der Waals surface area contributed by atoms with Crippen LogP contribution in [0.5, 0.6) is 0 Å². The van der Waals surface area contributed by atoms with Gasteiger partial charge in [-0.1, -0.05) is 85.0 Å². The van der Waals surface area contributed by atoms with Crippen molar-refractivity contribution in [2.75, 3.05) is 0 Å². The fraction of sp³-hybridized carbons (Fsp3) is 1.00. The van der Waals surface area contributed by atoms with Crippen LogP contribution in [0.4, 0.5) is 0 Å². The predicted molar refractivity (Wildman–Crippen MR) is 96.2 cm³/mol. The Hall–Kier alpha value is -0.170. The van der Waals surface area contributed by atoms with Crippen molar-refractivity contribution >= 4 is 10.4 Å². The van der Waals surface area contributed by atoms with Crippen LogP contribution in [0.1, 0.15) is 104 Å². The Balaban J connectivity index is 0. The third-order valence-corrected chi connectivity index (χ3v) is 4.31. The Bertz CT molecular complexity index is 329. The summed E-state index contributed by atoms with van der Waals surface area (Å²) in [4.78, 5) is 0. The normalized spacial score (nSPS) is 11.9. The van der Waals surface area contributed by atoms with E-state index in [1.54, 1.807) is 0 Å². The molecular formula is C17H38O5S. The zero-order valence-electron chi connectivity index (χ0n) is 15.3. The van der Waals surface area contributed by atoms with Crippen molar-refractivity contribution in [1.29, 1.82) is 0 Å². The molecule has 0 spiro atoms. The highest BCUT2D eigenvalue weighted by Gasteiger charge is 2.20. The average Bonchev–Trinajstić information content (AvgIpc) is 2.47. The Morgan fingerprint density at radius 2 is 1.00 bits per heavy atom. The van der Waals surface area contributed by atoms with E-state index in [4.69, 9.17) is 17.5 Å². The number of unbranched alkanes of at least 4 members (excludes halogenated alkanes) is 9. The van der Waals surface area contributed by atoms with Gasteiger partial charge < -0.3 is 5.11 Å². The summed E-state index contributed by atoms with van der Waals surface area (Å²) in [7, 11) is -4.67. The molecule has 0 aliphatic heterocycles. The fourth-order valence-electron chi connectivity index (χ4n) is 2.55. The van der Waals surface area contributed by atoms with Crippen LogP contribution < -0.4 is 0 Å². The molecule has 142 valence electrons. The molecule has 0 fully saturated rings. The van der Waals surface area contributed by atoms with E-state index >= 15 is 0 Å². The van der Waals surface area contributed by atoms with E-state index in [2.05, 4.69) is 20.8 Å². The van der Waals surface area contributed by atoms with Gasteiger partial charge in [-0.3, -0.25) is 9.11 Å². The highest BCUT2D eigenvalue weighted by Crippen LogP contribution is 2.22. The summed E-state index contributed by atoms with van der Waals surface area (Å²) in [6.45, 7) is 6.47. The van der Waals surface area contributed by atoms with Crippen molar-refractivity contribution in [3.8, 4) is 0 Å².